The second-order valence-corrected chi connectivity index (χ2v) is 12.9. The first-order valence-electron chi connectivity index (χ1n) is 16.2. The molecule has 1 saturated carbocycles. The molecule has 47 heavy (non-hydrogen) atoms. The van der Waals surface area contributed by atoms with Crippen molar-refractivity contribution in [1.29, 1.82) is 0 Å². The summed E-state index contributed by atoms with van der Waals surface area (Å²) in [7, 11) is 1.58. The fraction of sp³-hybridized carbons (Fsp3) is 0.514. The first-order valence-corrected chi connectivity index (χ1v) is 16.2. The Balaban J connectivity index is 0.000000335. The Morgan fingerprint density at radius 1 is 1.02 bits per heavy atom. The van der Waals surface area contributed by atoms with Gasteiger partial charge in [0.25, 0.3) is 5.91 Å². The van der Waals surface area contributed by atoms with Gasteiger partial charge in [0.05, 0.1) is 7.11 Å². The van der Waals surface area contributed by atoms with Crippen LogP contribution in [0, 0.1) is 5.92 Å². The van der Waals surface area contributed by atoms with Gasteiger partial charge in [-0.3, -0.25) is 19.7 Å². The predicted molar refractivity (Wildman–Crippen MR) is 179 cm³/mol. The number of alkyl carbamates (subject to hydrolysis) is 1. The lowest BCUT2D eigenvalue weighted by atomic mass is 9.89. The summed E-state index contributed by atoms with van der Waals surface area (Å²) in [6, 6.07) is 12.0. The van der Waals surface area contributed by atoms with Gasteiger partial charge in [-0.2, -0.15) is 0 Å². The number of ether oxygens (including phenoxy) is 2. The number of amides is 6. The van der Waals surface area contributed by atoms with Crippen LogP contribution < -0.4 is 26.0 Å². The summed E-state index contributed by atoms with van der Waals surface area (Å²) in [6.45, 7) is 9.05. The molecule has 2 aromatic rings. The molecule has 0 radical (unpaired) electrons. The SMILES string of the molecule is CC(C)(C)OC(=O)NCC1CCCCC1.COc1ccc(NC(=O)NCc2ccc3c(c2)CN(C(C)CCC(=O)NC=O)C3=O)cc1. The number of fused-ring (bicyclic) bond motifs is 1. The number of urea groups is 1. The number of nitrogens with one attached hydrogen (secondary N) is 4. The highest BCUT2D eigenvalue weighted by atomic mass is 16.6. The number of hydrogen-bond donors (Lipinski definition) is 4. The summed E-state index contributed by atoms with van der Waals surface area (Å²) in [6.07, 6.45) is 7.15. The molecule has 0 aromatic heterocycles. The molecule has 0 bridgehead atoms. The lowest BCUT2D eigenvalue weighted by molar-refractivity contribution is -0.125. The Bertz CT molecular complexity index is 1370. The van der Waals surface area contributed by atoms with Crippen molar-refractivity contribution in [3.8, 4) is 5.75 Å². The summed E-state index contributed by atoms with van der Waals surface area (Å²) in [5, 5.41) is 10.5. The number of nitrogens with zero attached hydrogens (tertiary/aromatic N) is 1. The minimum Gasteiger partial charge on any atom is -0.497 e. The third-order valence-electron chi connectivity index (χ3n) is 8.00. The maximum absolute atomic E-state index is 12.7. The van der Waals surface area contributed by atoms with E-state index in [0.29, 0.717) is 48.8 Å². The number of anilines is 1. The molecule has 2 aliphatic rings. The highest BCUT2D eigenvalue weighted by molar-refractivity contribution is 5.98. The van der Waals surface area contributed by atoms with E-state index in [-0.39, 0.29) is 36.4 Å². The molecule has 2 aromatic carbocycles. The summed E-state index contributed by atoms with van der Waals surface area (Å²) in [5.41, 5.74) is 2.64. The van der Waals surface area contributed by atoms with E-state index in [0.717, 1.165) is 17.7 Å². The molecule has 6 amide bonds. The number of imide groups is 1. The summed E-state index contributed by atoms with van der Waals surface area (Å²) < 4.78 is 10.3. The zero-order valence-corrected chi connectivity index (χ0v) is 28.1. The van der Waals surface area contributed by atoms with Crippen LogP contribution in [0.25, 0.3) is 0 Å². The van der Waals surface area contributed by atoms with E-state index in [2.05, 4.69) is 21.3 Å². The predicted octanol–water partition coefficient (Wildman–Crippen LogP) is 5.51. The molecule has 4 rings (SSSR count). The van der Waals surface area contributed by atoms with Crippen molar-refractivity contribution in [2.45, 2.75) is 97.4 Å². The van der Waals surface area contributed by atoms with Gasteiger partial charge >= 0.3 is 12.1 Å². The lowest BCUT2D eigenvalue weighted by Gasteiger charge is -2.24. The fourth-order valence-electron chi connectivity index (χ4n) is 5.46. The molecule has 0 saturated heterocycles. The highest BCUT2D eigenvalue weighted by Crippen LogP contribution is 2.27. The number of carbonyl (C=O) groups is 5. The molecule has 1 heterocycles. The largest absolute Gasteiger partial charge is 0.497 e. The highest BCUT2D eigenvalue weighted by Gasteiger charge is 2.31. The van der Waals surface area contributed by atoms with Crippen LogP contribution in [0.5, 0.6) is 5.75 Å². The molecule has 12 nitrogen and oxygen atoms in total. The van der Waals surface area contributed by atoms with E-state index >= 15 is 0 Å². The second-order valence-electron chi connectivity index (χ2n) is 12.9. The molecular weight excluding hydrogens is 602 g/mol. The van der Waals surface area contributed by atoms with Crippen molar-refractivity contribution in [3.05, 3.63) is 59.2 Å². The standard InChI is InChI=1S/C23H26N4O5.C12H23NO2/c1-15(3-10-21(29)25-14-28)27-13-17-11-16(4-9-20(17)22(27)30)12-24-23(31)26-18-5-7-19(32-2)8-6-18;1-12(2,3)15-11(14)13-9-10-7-5-4-6-8-10/h4-9,11,14-15H,3,10,12-13H2,1-2H3,(H2,24,26,31)(H,25,28,29);10H,4-9H2,1-3H3,(H,13,14). The van der Waals surface area contributed by atoms with Gasteiger partial charge in [0.2, 0.25) is 12.3 Å². The molecule has 1 atom stereocenters. The van der Waals surface area contributed by atoms with Crippen molar-refractivity contribution in [2.75, 3.05) is 19.0 Å². The molecule has 0 spiro atoms. The maximum atomic E-state index is 12.7. The van der Waals surface area contributed by atoms with Gasteiger partial charge in [0, 0.05) is 43.3 Å². The second kappa shape index (κ2) is 17.9. The van der Waals surface area contributed by atoms with E-state index in [1.165, 1.54) is 32.1 Å². The van der Waals surface area contributed by atoms with Crippen LogP contribution in [0.1, 0.15) is 94.1 Å². The molecule has 1 unspecified atom stereocenters. The van der Waals surface area contributed by atoms with Crippen LogP contribution in [0.15, 0.2) is 42.5 Å². The first kappa shape index (κ1) is 36.9. The first-order chi connectivity index (χ1) is 22.4. The smallest absolute Gasteiger partial charge is 0.407 e. The third kappa shape index (κ3) is 12.6. The van der Waals surface area contributed by atoms with Crippen LogP contribution in [0.4, 0.5) is 15.3 Å². The normalized spacial score (nSPS) is 14.9. The Kier molecular flexibility index (Phi) is 14.0. The Morgan fingerprint density at radius 3 is 2.36 bits per heavy atom. The average Bonchev–Trinajstić information content (AvgIpc) is 3.37. The van der Waals surface area contributed by atoms with Crippen LogP contribution in [0.3, 0.4) is 0 Å². The lowest BCUT2D eigenvalue weighted by Crippen LogP contribution is -2.35. The third-order valence-corrected chi connectivity index (χ3v) is 8.00. The van der Waals surface area contributed by atoms with Crippen LogP contribution in [-0.2, 0) is 27.4 Å². The maximum Gasteiger partial charge on any atom is 0.407 e. The molecule has 12 heteroatoms. The minimum atomic E-state index is -0.392. The Hall–Kier alpha value is -4.61. The van der Waals surface area contributed by atoms with Crippen LogP contribution >= 0.6 is 0 Å². The van der Waals surface area contributed by atoms with E-state index in [9.17, 15) is 24.0 Å². The van der Waals surface area contributed by atoms with Gasteiger partial charge in [-0.25, -0.2) is 9.59 Å². The van der Waals surface area contributed by atoms with E-state index in [1.807, 2.05) is 39.8 Å². The van der Waals surface area contributed by atoms with Crippen molar-refractivity contribution in [3.63, 3.8) is 0 Å². The van der Waals surface area contributed by atoms with Gasteiger partial charge in [0.1, 0.15) is 11.4 Å². The number of carbonyl (C=O) groups excluding carboxylic acids is 5. The number of benzene rings is 2. The molecule has 256 valence electrons. The quantitative estimate of drug-likeness (QED) is 0.234. The monoisotopic (exact) mass is 651 g/mol. The van der Waals surface area contributed by atoms with E-state index < -0.39 is 5.60 Å². The molecule has 1 aliphatic heterocycles. The number of hydrogen-bond acceptors (Lipinski definition) is 7. The van der Waals surface area contributed by atoms with Gasteiger partial charge < -0.3 is 30.3 Å². The Morgan fingerprint density at radius 2 is 1.72 bits per heavy atom. The van der Waals surface area contributed by atoms with Crippen molar-refractivity contribution in [1.82, 2.24) is 20.9 Å². The van der Waals surface area contributed by atoms with Crippen LogP contribution in [0.2, 0.25) is 0 Å². The van der Waals surface area contributed by atoms with Gasteiger partial charge in [-0.05, 0) is 94.3 Å². The summed E-state index contributed by atoms with van der Waals surface area (Å²) in [4.78, 5) is 59.8. The van der Waals surface area contributed by atoms with Crippen molar-refractivity contribution >= 4 is 36.0 Å². The van der Waals surface area contributed by atoms with Gasteiger partial charge in [0.15, 0.2) is 0 Å². The van der Waals surface area contributed by atoms with Gasteiger partial charge in [-0.1, -0.05) is 31.4 Å². The zero-order valence-electron chi connectivity index (χ0n) is 28.1. The van der Waals surface area contributed by atoms with E-state index in [4.69, 9.17) is 9.47 Å². The van der Waals surface area contributed by atoms with E-state index in [1.54, 1.807) is 42.3 Å². The van der Waals surface area contributed by atoms with Crippen molar-refractivity contribution in [2.24, 2.45) is 5.92 Å². The molecule has 1 fully saturated rings. The Labute approximate surface area is 277 Å². The minimum absolute atomic E-state index is 0.0833. The van der Waals surface area contributed by atoms with Crippen molar-refractivity contribution < 1.29 is 33.4 Å². The van der Waals surface area contributed by atoms with Gasteiger partial charge in [-0.15, -0.1) is 0 Å². The average molecular weight is 652 g/mol. The topological polar surface area (TPSA) is 155 Å². The van der Waals surface area contributed by atoms with Crippen LogP contribution in [-0.4, -0.2) is 60.5 Å². The number of rotatable bonds is 11. The summed E-state index contributed by atoms with van der Waals surface area (Å²) >= 11 is 0. The molecule has 4 N–H and O–H groups in total. The number of methoxy groups -OCH3 is 1. The fourth-order valence-corrected chi connectivity index (χ4v) is 5.46. The molecule has 1 aliphatic carbocycles. The zero-order chi connectivity index (χ0) is 34.4. The summed E-state index contributed by atoms with van der Waals surface area (Å²) in [5.74, 6) is 0.917. The molecular formula is C35H49N5O7.